The van der Waals surface area contributed by atoms with Crippen molar-refractivity contribution in [3.8, 4) is 0 Å². The number of carbonyl (C=O) groups excluding carboxylic acids is 3. The van der Waals surface area contributed by atoms with Crippen LogP contribution in [0.4, 0.5) is 5.69 Å². The Morgan fingerprint density at radius 3 is 2.67 bits per heavy atom. The number of benzene rings is 2. The van der Waals surface area contributed by atoms with Crippen molar-refractivity contribution >= 4 is 46.6 Å². The maximum absolute atomic E-state index is 13.0. The number of nitrogens with one attached hydrogen (secondary N) is 1. The average molecular weight is 446 g/mol. The van der Waals surface area contributed by atoms with Gasteiger partial charge in [-0.2, -0.15) is 0 Å². The molecular weight excluding hydrogens is 422 g/mol. The molecule has 158 valence electrons. The molecular formula is C22H24ClN3O3S. The van der Waals surface area contributed by atoms with Crippen molar-refractivity contribution in [1.82, 2.24) is 5.32 Å². The monoisotopic (exact) mass is 445 g/mol. The SMILES string of the molecule is CCCC(=O)NCC(=O)c1ccc2c(c1)N(Cc1ccc(Cl)cc1)C(=O)[C@@H](N)CS2. The Kier molecular flexibility index (Phi) is 7.53. The van der Waals surface area contributed by atoms with Crippen molar-refractivity contribution < 1.29 is 14.4 Å². The lowest BCUT2D eigenvalue weighted by Gasteiger charge is -2.25. The second-order valence-electron chi connectivity index (χ2n) is 7.10. The van der Waals surface area contributed by atoms with E-state index in [1.54, 1.807) is 29.2 Å². The molecule has 2 amide bonds. The van der Waals surface area contributed by atoms with Crippen LogP contribution in [0.1, 0.15) is 35.7 Å². The number of Topliss-reactive ketones (excluding diaryl/α,β-unsaturated/α-hetero) is 1. The van der Waals surface area contributed by atoms with Crippen molar-refractivity contribution in [2.24, 2.45) is 5.73 Å². The van der Waals surface area contributed by atoms with Crippen LogP contribution in [0.25, 0.3) is 0 Å². The number of nitrogens with zero attached hydrogens (tertiary/aromatic N) is 1. The summed E-state index contributed by atoms with van der Waals surface area (Å²) in [6.07, 6.45) is 1.10. The van der Waals surface area contributed by atoms with Crippen LogP contribution >= 0.6 is 23.4 Å². The minimum Gasteiger partial charge on any atom is -0.349 e. The molecule has 1 atom stereocenters. The molecule has 1 heterocycles. The minimum atomic E-state index is -0.637. The van der Waals surface area contributed by atoms with Gasteiger partial charge in [0, 0.05) is 27.7 Å². The van der Waals surface area contributed by atoms with Crippen LogP contribution in [0, 0.1) is 0 Å². The fourth-order valence-corrected chi connectivity index (χ4v) is 4.23. The molecule has 1 aliphatic rings. The third-order valence-corrected chi connectivity index (χ3v) is 6.18. The predicted molar refractivity (Wildman–Crippen MR) is 120 cm³/mol. The largest absolute Gasteiger partial charge is 0.349 e. The third-order valence-electron chi connectivity index (χ3n) is 4.75. The van der Waals surface area contributed by atoms with Crippen molar-refractivity contribution in [1.29, 1.82) is 0 Å². The maximum Gasteiger partial charge on any atom is 0.245 e. The topological polar surface area (TPSA) is 92.5 Å². The van der Waals surface area contributed by atoms with E-state index in [0.29, 0.717) is 35.0 Å². The van der Waals surface area contributed by atoms with Gasteiger partial charge in [0.2, 0.25) is 11.8 Å². The molecule has 0 saturated heterocycles. The molecule has 2 aromatic carbocycles. The average Bonchev–Trinajstić information content (AvgIpc) is 2.85. The number of nitrogens with two attached hydrogens (primary N) is 1. The van der Waals surface area contributed by atoms with Crippen LogP contribution in [0.15, 0.2) is 47.4 Å². The van der Waals surface area contributed by atoms with Gasteiger partial charge in [-0.15, -0.1) is 11.8 Å². The Balaban J connectivity index is 1.88. The summed E-state index contributed by atoms with van der Waals surface area (Å²) in [6.45, 7) is 2.15. The second-order valence-corrected chi connectivity index (χ2v) is 8.60. The fraction of sp³-hybridized carbons (Fsp3) is 0.318. The van der Waals surface area contributed by atoms with Gasteiger partial charge in [-0.1, -0.05) is 36.7 Å². The van der Waals surface area contributed by atoms with Crippen LogP contribution in [-0.4, -0.2) is 35.9 Å². The van der Waals surface area contributed by atoms with Gasteiger partial charge >= 0.3 is 0 Å². The second kappa shape index (κ2) is 10.1. The van der Waals surface area contributed by atoms with E-state index >= 15 is 0 Å². The Labute approximate surface area is 185 Å². The quantitative estimate of drug-likeness (QED) is 0.637. The summed E-state index contributed by atoms with van der Waals surface area (Å²) < 4.78 is 0. The molecule has 6 nitrogen and oxygen atoms in total. The van der Waals surface area contributed by atoms with Crippen molar-refractivity contribution in [2.45, 2.75) is 37.2 Å². The Morgan fingerprint density at radius 2 is 1.97 bits per heavy atom. The highest BCUT2D eigenvalue weighted by Crippen LogP contribution is 2.36. The van der Waals surface area contributed by atoms with Crippen LogP contribution in [0.3, 0.4) is 0 Å². The lowest BCUT2D eigenvalue weighted by atomic mass is 10.1. The Bertz CT molecular complexity index is 949. The normalized spacial score (nSPS) is 16.0. The molecule has 0 aliphatic carbocycles. The first-order valence-electron chi connectivity index (χ1n) is 9.77. The predicted octanol–water partition coefficient (Wildman–Crippen LogP) is 3.41. The zero-order valence-electron chi connectivity index (χ0n) is 16.7. The molecule has 0 spiro atoms. The van der Waals surface area contributed by atoms with E-state index in [0.717, 1.165) is 16.9 Å². The van der Waals surface area contributed by atoms with E-state index in [2.05, 4.69) is 5.32 Å². The smallest absolute Gasteiger partial charge is 0.245 e. The van der Waals surface area contributed by atoms with Crippen molar-refractivity contribution in [3.05, 3.63) is 58.6 Å². The summed E-state index contributed by atoms with van der Waals surface area (Å²) in [5, 5.41) is 3.26. The minimum absolute atomic E-state index is 0.0740. The van der Waals surface area contributed by atoms with E-state index < -0.39 is 6.04 Å². The number of thioether (sulfide) groups is 1. The number of hydrogen-bond acceptors (Lipinski definition) is 5. The number of anilines is 1. The van der Waals surface area contributed by atoms with Crippen LogP contribution < -0.4 is 16.0 Å². The van der Waals surface area contributed by atoms with Gasteiger partial charge < -0.3 is 16.0 Å². The number of carbonyl (C=O) groups is 3. The van der Waals surface area contributed by atoms with Crippen LogP contribution in [0.2, 0.25) is 5.02 Å². The summed E-state index contributed by atoms with van der Waals surface area (Å²) in [5.41, 5.74) is 8.08. The molecule has 1 aliphatic heterocycles. The Hall–Kier alpha value is -2.35. The molecule has 0 bridgehead atoms. The lowest BCUT2D eigenvalue weighted by Crippen LogP contribution is -2.44. The number of rotatable bonds is 7. The molecule has 0 fully saturated rings. The van der Waals surface area contributed by atoms with Crippen LogP contribution in [-0.2, 0) is 16.1 Å². The van der Waals surface area contributed by atoms with E-state index in [9.17, 15) is 14.4 Å². The van der Waals surface area contributed by atoms with Gasteiger partial charge in [-0.25, -0.2) is 0 Å². The molecule has 30 heavy (non-hydrogen) atoms. The van der Waals surface area contributed by atoms with Crippen molar-refractivity contribution in [2.75, 3.05) is 17.2 Å². The summed E-state index contributed by atoms with van der Waals surface area (Å²) in [7, 11) is 0. The Morgan fingerprint density at radius 1 is 1.23 bits per heavy atom. The number of ketones is 1. The first-order chi connectivity index (χ1) is 14.4. The molecule has 2 aromatic rings. The summed E-state index contributed by atoms with van der Waals surface area (Å²) in [5.74, 6) is -0.0954. The number of hydrogen-bond donors (Lipinski definition) is 2. The van der Waals surface area contributed by atoms with Gasteiger partial charge in [-0.3, -0.25) is 14.4 Å². The number of fused-ring (bicyclic) bond motifs is 1. The fourth-order valence-electron chi connectivity index (χ4n) is 3.13. The van der Waals surface area contributed by atoms with Gasteiger partial charge in [0.25, 0.3) is 0 Å². The summed E-state index contributed by atoms with van der Waals surface area (Å²) >= 11 is 7.46. The van der Waals surface area contributed by atoms with Gasteiger partial charge in [0.05, 0.1) is 24.8 Å². The van der Waals surface area contributed by atoms with E-state index in [1.165, 1.54) is 11.8 Å². The first kappa shape index (κ1) is 22.3. The van der Waals surface area contributed by atoms with E-state index in [4.69, 9.17) is 17.3 Å². The van der Waals surface area contributed by atoms with Gasteiger partial charge in [0.15, 0.2) is 5.78 Å². The highest BCUT2D eigenvalue weighted by molar-refractivity contribution is 7.99. The highest BCUT2D eigenvalue weighted by Gasteiger charge is 2.29. The number of amides is 2. The van der Waals surface area contributed by atoms with Gasteiger partial charge in [-0.05, 0) is 36.2 Å². The molecule has 3 rings (SSSR count). The molecule has 0 aromatic heterocycles. The summed E-state index contributed by atoms with van der Waals surface area (Å²) in [4.78, 5) is 39.8. The lowest BCUT2D eigenvalue weighted by molar-refractivity contribution is -0.121. The summed E-state index contributed by atoms with van der Waals surface area (Å²) in [6, 6.07) is 11.9. The number of halogens is 1. The molecule has 8 heteroatoms. The molecule has 0 saturated carbocycles. The zero-order chi connectivity index (χ0) is 21.7. The highest BCUT2D eigenvalue weighted by atomic mass is 35.5. The molecule has 0 radical (unpaired) electrons. The standard InChI is InChI=1S/C22H24ClN3O3S/c1-2-3-21(28)25-11-19(27)15-6-9-20-18(10-15)26(22(29)17(24)13-30-20)12-14-4-7-16(23)8-5-14/h4-10,17H,2-3,11-13,24H2,1H3,(H,25,28)/t17-/m0/s1. The van der Waals surface area contributed by atoms with E-state index in [-0.39, 0.29) is 24.1 Å². The van der Waals surface area contributed by atoms with Crippen molar-refractivity contribution in [3.63, 3.8) is 0 Å². The molecule has 3 N–H and O–H groups in total. The van der Waals surface area contributed by atoms with Gasteiger partial charge in [0.1, 0.15) is 0 Å². The van der Waals surface area contributed by atoms with Crippen LogP contribution in [0.5, 0.6) is 0 Å². The molecule has 0 unspecified atom stereocenters. The first-order valence-corrected chi connectivity index (χ1v) is 11.1. The maximum atomic E-state index is 13.0. The third kappa shape index (κ3) is 5.41. The zero-order valence-corrected chi connectivity index (χ0v) is 18.3. The van der Waals surface area contributed by atoms with E-state index in [1.807, 2.05) is 25.1 Å².